The Morgan fingerprint density at radius 1 is 0.923 bits per heavy atom. The van der Waals surface area contributed by atoms with Crippen molar-refractivity contribution in [3.05, 3.63) is 101 Å². The van der Waals surface area contributed by atoms with E-state index in [1.54, 1.807) is 24.3 Å². The lowest BCUT2D eigenvalue weighted by Gasteiger charge is -2.13. The number of nitrogens with zero attached hydrogens (tertiary/aromatic N) is 6. The molecule has 8 nitrogen and oxygen atoms in total. The summed E-state index contributed by atoms with van der Waals surface area (Å²) in [5.74, 6) is 1.70. The number of hydrogen-bond donors (Lipinski definition) is 1. The molecule has 6 rings (SSSR count). The molecule has 0 fully saturated rings. The summed E-state index contributed by atoms with van der Waals surface area (Å²) in [5.41, 5.74) is 7.64. The minimum atomic E-state index is -0.427. The summed E-state index contributed by atoms with van der Waals surface area (Å²) in [6.45, 7) is 6.85. The number of aromatic amines is 1. The van der Waals surface area contributed by atoms with E-state index in [-0.39, 0.29) is 5.75 Å². The van der Waals surface area contributed by atoms with Crippen LogP contribution >= 0.6 is 0 Å². The van der Waals surface area contributed by atoms with Crippen LogP contribution in [0.4, 0.5) is 4.39 Å². The molecule has 0 amide bonds. The number of aryl methyl sites for hydroxylation is 3. The number of rotatable bonds is 7. The van der Waals surface area contributed by atoms with Gasteiger partial charge in [0.25, 0.3) is 0 Å². The number of fused-ring (bicyclic) bond motifs is 1. The van der Waals surface area contributed by atoms with Crippen LogP contribution in [-0.4, -0.2) is 35.2 Å². The number of pyridine rings is 1. The first-order valence-electron chi connectivity index (χ1n) is 12.7. The number of tetrazole rings is 1. The molecule has 0 saturated heterocycles. The van der Waals surface area contributed by atoms with Crippen molar-refractivity contribution in [2.24, 2.45) is 0 Å². The van der Waals surface area contributed by atoms with E-state index in [1.807, 2.05) is 19.1 Å². The topological polar surface area (TPSA) is 94.4 Å². The molecule has 0 aliphatic carbocycles. The van der Waals surface area contributed by atoms with Crippen molar-refractivity contribution < 1.29 is 9.13 Å². The highest BCUT2D eigenvalue weighted by molar-refractivity contribution is 5.82. The number of nitrogens with one attached hydrogen (secondary N) is 1. The van der Waals surface area contributed by atoms with Crippen LogP contribution in [0.15, 0.2) is 72.8 Å². The van der Waals surface area contributed by atoms with Gasteiger partial charge in [-0.15, -0.1) is 10.2 Å². The fourth-order valence-corrected chi connectivity index (χ4v) is 4.81. The van der Waals surface area contributed by atoms with Crippen LogP contribution in [0.5, 0.6) is 11.5 Å². The number of benzene rings is 3. The van der Waals surface area contributed by atoms with Crippen molar-refractivity contribution in [1.29, 1.82) is 0 Å². The minimum absolute atomic E-state index is 0.157. The molecule has 3 aromatic carbocycles. The van der Waals surface area contributed by atoms with Crippen molar-refractivity contribution in [2.45, 2.75) is 33.7 Å². The zero-order chi connectivity index (χ0) is 26.9. The monoisotopic (exact) mass is 519 g/mol. The van der Waals surface area contributed by atoms with E-state index in [1.165, 1.54) is 6.07 Å². The zero-order valence-electron chi connectivity index (χ0n) is 21.8. The summed E-state index contributed by atoms with van der Waals surface area (Å²) in [7, 11) is 0. The molecular weight excluding hydrogens is 493 g/mol. The van der Waals surface area contributed by atoms with Gasteiger partial charge in [-0.3, -0.25) is 0 Å². The maximum atomic E-state index is 14.2. The maximum Gasteiger partial charge on any atom is 0.205 e. The Kier molecular flexibility index (Phi) is 6.32. The number of aromatic nitrogens is 7. The predicted octanol–water partition coefficient (Wildman–Crippen LogP) is 6.44. The Morgan fingerprint density at radius 3 is 2.49 bits per heavy atom. The molecule has 0 aliphatic heterocycles. The number of hydrogen-bond acceptors (Lipinski definition) is 6. The van der Waals surface area contributed by atoms with Gasteiger partial charge in [-0.25, -0.2) is 14.4 Å². The minimum Gasteiger partial charge on any atom is -0.454 e. The van der Waals surface area contributed by atoms with Crippen molar-refractivity contribution in [1.82, 2.24) is 35.2 Å². The zero-order valence-corrected chi connectivity index (χ0v) is 21.8. The van der Waals surface area contributed by atoms with Crippen LogP contribution in [-0.2, 0) is 13.0 Å². The van der Waals surface area contributed by atoms with E-state index < -0.39 is 5.82 Å². The van der Waals surface area contributed by atoms with E-state index in [0.717, 1.165) is 56.9 Å². The molecule has 39 heavy (non-hydrogen) atoms. The number of imidazole rings is 1. The molecule has 0 aliphatic rings. The number of H-pyrrole nitrogens is 1. The molecule has 0 saturated carbocycles. The largest absolute Gasteiger partial charge is 0.454 e. The lowest BCUT2D eigenvalue weighted by molar-refractivity contribution is 0.442. The van der Waals surface area contributed by atoms with Gasteiger partial charge >= 0.3 is 0 Å². The molecule has 0 unspecified atom stereocenters. The third kappa shape index (κ3) is 4.74. The van der Waals surface area contributed by atoms with Crippen LogP contribution in [0.25, 0.3) is 33.7 Å². The molecule has 3 heterocycles. The van der Waals surface area contributed by atoms with Crippen molar-refractivity contribution in [3.8, 4) is 34.0 Å². The Labute approximate surface area is 224 Å². The Bertz CT molecular complexity index is 1780. The smallest absolute Gasteiger partial charge is 0.205 e. The molecular formula is C30H26FN7O. The molecule has 0 bridgehead atoms. The normalized spacial score (nSPS) is 11.3. The lowest BCUT2D eigenvalue weighted by Crippen LogP contribution is -2.05. The molecule has 0 radical (unpaired) electrons. The van der Waals surface area contributed by atoms with E-state index in [9.17, 15) is 4.39 Å². The second-order valence-electron chi connectivity index (χ2n) is 9.39. The average Bonchev–Trinajstić information content (AvgIpc) is 3.59. The van der Waals surface area contributed by atoms with Gasteiger partial charge in [0.2, 0.25) is 5.82 Å². The van der Waals surface area contributed by atoms with Gasteiger partial charge in [-0.2, -0.15) is 5.21 Å². The first-order valence-corrected chi connectivity index (χ1v) is 12.7. The van der Waals surface area contributed by atoms with Crippen molar-refractivity contribution in [2.75, 3.05) is 0 Å². The third-order valence-corrected chi connectivity index (χ3v) is 6.66. The first-order chi connectivity index (χ1) is 19.0. The fourth-order valence-electron chi connectivity index (χ4n) is 4.81. The molecule has 1 N–H and O–H groups in total. The van der Waals surface area contributed by atoms with Gasteiger partial charge in [-0.05, 0) is 77.7 Å². The van der Waals surface area contributed by atoms with Crippen LogP contribution < -0.4 is 4.74 Å². The lowest BCUT2D eigenvalue weighted by atomic mass is 9.97. The Hall–Kier alpha value is -4.92. The molecule has 0 spiro atoms. The van der Waals surface area contributed by atoms with Gasteiger partial charge in [0.15, 0.2) is 17.2 Å². The first kappa shape index (κ1) is 24.4. The summed E-state index contributed by atoms with van der Waals surface area (Å²) >= 11 is 0. The van der Waals surface area contributed by atoms with Crippen molar-refractivity contribution >= 4 is 11.2 Å². The highest BCUT2D eigenvalue weighted by atomic mass is 19.1. The highest BCUT2D eigenvalue weighted by Crippen LogP contribution is 2.35. The fraction of sp³-hybridized carbons (Fsp3) is 0.167. The highest BCUT2D eigenvalue weighted by Gasteiger charge is 2.16. The van der Waals surface area contributed by atoms with Gasteiger partial charge in [-0.1, -0.05) is 43.3 Å². The van der Waals surface area contributed by atoms with Crippen LogP contribution in [0, 0.1) is 19.7 Å². The second kappa shape index (κ2) is 10.1. The quantitative estimate of drug-likeness (QED) is 0.261. The summed E-state index contributed by atoms with van der Waals surface area (Å²) in [6.07, 6.45) is 0.815. The summed E-state index contributed by atoms with van der Waals surface area (Å²) in [5, 5.41) is 14.6. The van der Waals surface area contributed by atoms with Gasteiger partial charge in [0.05, 0.1) is 6.54 Å². The maximum absolute atomic E-state index is 14.2. The van der Waals surface area contributed by atoms with Gasteiger partial charge in [0.1, 0.15) is 17.1 Å². The molecule has 6 aromatic rings. The van der Waals surface area contributed by atoms with Crippen LogP contribution in [0.1, 0.15) is 29.6 Å². The van der Waals surface area contributed by atoms with E-state index in [0.29, 0.717) is 18.1 Å². The summed E-state index contributed by atoms with van der Waals surface area (Å²) in [6, 6.07) is 22.2. The number of halogens is 1. The van der Waals surface area contributed by atoms with Gasteiger partial charge in [0, 0.05) is 17.7 Å². The molecule has 194 valence electrons. The SMILES string of the molecule is CCc1nc2c(C)cc(C)nc2n1Cc1ccc(-c2cc(Oc3ccccc3F)ccc2-c2nn[nH]n2)cc1. The molecule has 9 heteroatoms. The van der Waals surface area contributed by atoms with Crippen molar-refractivity contribution in [3.63, 3.8) is 0 Å². The summed E-state index contributed by atoms with van der Waals surface area (Å²) < 4.78 is 22.3. The van der Waals surface area contributed by atoms with E-state index >= 15 is 0 Å². The van der Waals surface area contributed by atoms with Crippen LogP contribution in [0.3, 0.4) is 0 Å². The number of para-hydroxylation sites is 1. The Balaban J connectivity index is 1.36. The second-order valence-corrected chi connectivity index (χ2v) is 9.39. The third-order valence-electron chi connectivity index (χ3n) is 6.66. The number of ether oxygens (including phenoxy) is 1. The molecule has 3 aromatic heterocycles. The standard InChI is InChI=1S/C30H26FN7O/c1-4-27-33-28-18(2)15-19(3)32-30(28)38(27)17-20-9-11-21(12-10-20)24-16-22(39-26-8-6-5-7-25(26)31)13-14-23(24)29-34-36-37-35-29/h5-16H,4,17H2,1-3H3,(H,34,35,36,37). The molecule has 0 atom stereocenters. The van der Waals surface area contributed by atoms with E-state index in [4.69, 9.17) is 14.7 Å². The Morgan fingerprint density at radius 2 is 1.74 bits per heavy atom. The predicted molar refractivity (Wildman–Crippen MR) is 147 cm³/mol. The van der Waals surface area contributed by atoms with E-state index in [2.05, 4.69) is 69.4 Å². The van der Waals surface area contributed by atoms with Crippen LogP contribution in [0.2, 0.25) is 0 Å². The average molecular weight is 520 g/mol. The van der Waals surface area contributed by atoms with Gasteiger partial charge < -0.3 is 9.30 Å². The summed E-state index contributed by atoms with van der Waals surface area (Å²) in [4.78, 5) is 9.65.